The van der Waals surface area contributed by atoms with Crippen LogP contribution in [-0.4, -0.2) is 67.0 Å². The highest BCUT2D eigenvalue weighted by atomic mass is 17.0. The molecule has 0 unspecified atom stereocenters. The Morgan fingerprint density at radius 3 is 2.27 bits per heavy atom. The van der Waals surface area contributed by atoms with Gasteiger partial charge in [0.25, 0.3) is 0 Å². The number of hydroxylamine groups is 2. The molecule has 2 aliphatic rings. The molecule has 2 heterocycles. The zero-order valence-corrected chi connectivity index (χ0v) is 15.2. The molecule has 0 aromatic heterocycles. The molecule has 0 aromatic carbocycles. The first-order valence-electron chi connectivity index (χ1n) is 8.36. The second-order valence-corrected chi connectivity index (χ2v) is 6.01. The van der Waals surface area contributed by atoms with E-state index in [-0.39, 0.29) is 31.8 Å². The third kappa shape index (κ3) is 3.44. The van der Waals surface area contributed by atoms with E-state index in [1.807, 2.05) is 0 Å². The van der Waals surface area contributed by atoms with Crippen LogP contribution in [0.1, 0.15) is 33.6 Å². The second kappa shape index (κ2) is 8.11. The first-order valence-corrected chi connectivity index (χ1v) is 8.36. The van der Waals surface area contributed by atoms with Crippen molar-refractivity contribution in [2.75, 3.05) is 20.3 Å². The monoisotopic (exact) mass is 373 g/mol. The molecule has 2 aliphatic heterocycles. The summed E-state index contributed by atoms with van der Waals surface area (Å²) in [6.07, 6.45) is -2.69. The summed E-state index contributed by atoms with van der Waals surface area (Å²) in [5.41, 5.74) is -1.63. The highest BCUT2D eigenvalue weighted by Crippen LogP contribution is 2.49. The van der Waals surface area contributed by atoms with Crippen LogP contribution in [0.2, 0.25) is 0 Å². The van der Waals surface area contributed by atoms with Crippen molar-refractivity contribution in [1.29, 1.82) is 0 Å². The molecule has 0 bridgehead atoms. The minimum atomic E-state index is -1.63. The zero-order valence-electron chi connectivity index (χ0n) is 15.2. The molecule has 0 spiro atoms. The van der Waals surface area contributed by atoms with Gasteiger partial charge in [-0.25, -0.2) is 14.4 Å². The van der Waals surface area contributed by atoms with Crippen LogP contribution in [0.15, 0.2) is 0 Å². The lowest BCUT2D eigenvalue weighted by Gasteiger charge is -2.29. The maximum absolute atomic E-state index is 12.8. The fourth-order valence-corrected chi connectivity index (χ4v) is 3.28. The van der Waals surface area contributed by atoms with Gasteiger partial charge in [0.1, 0.15) is 5.78 Å². The van der Waals surface area contributed by atoms with Gasteiger partial charge >= 0.3 is 17.9 Å². The SMILES string of the molecule is CCOC(=O)[C@H]1ON2O[C@@H](C(=O)OC)C[C@]2(C(=O)OCC)[C@H]1CC(C)=O. The minimum Gasteiger partial charge on any atom is -0.467 e. The number of hydrogen-bond acceptors (Lipinski definition) is 10. The predicted molar refractivity (Wildman–Crippen MR) is 83.0 cm³/mol. The minimum absolute atomic E-state index is 0.0637. The summed E-state index contributed by atoms with van der Waals surface area (Å²) in [6.45, 7) is 4.74. The van der Waals surface area contributed by atoms with Crippen LogP contribution >= 0.6 is 0 Å². The number of methoxy groups -OCH3 is 1. The van der Waals surface area contributed by atoms with E-state index in [1.165, 1.54) is 14.0 Å². The third-order valence-electron chi connectivity index (χ3n) is 4.35. The van der Waals surface area contributed by atoms with Gasteiger partial charge in [-0.15, -0.1) is 0 Å². The van der Waals surface area contributed by atoms with E-state index in [4.69, 9.17) is 19.1 Å². The van der Waals surface area contributed by atoms with Crippen molar-refractivity contribution in [2.24, 2.45) is 5.92 Å². The quantitative estimate of drug-likeness (QED) is 0.443. The molecule has 2 rings (SSSR count). The number of Topliss-reactive ketones (excluding diaryl/α,β-unsaturated/α-hetero) is 1. The number of rotatable bonds is 7. The van der Waals surface area contributed by atoms with Crippen LogP contribution < -0.4 is 0 Å². The summed E-state index contributed by atoms with van der Waals surface area (Å²) < 4.78 is 14.8. The van der Waals surface area contributed by atoms with E-state index in [0.29, 0.717) is 0 Å². The van der Waals surface area contributed by atoms with Gasteiger partial charge in [-0.05, 0) is 26.0 Å². The number of nitrogens with zero attached hydrogens (tertiary/aromatic N) is 1. The summed E-state index contributed by atoms with van der Waals surface area (Å²) >= 11 is 0. The molecule has 0 aromatic rings. The first-order chi connectivity index (χ1) is 12.3. The Hall–Kier alpha value is -2.04. The summed E-state index contributed by atoms with van der Waals surface area (Å²) in [5.74, 6) is -3.38. The third-order valence-corrected chi connectivity index (χ3v) is 4.35. The van der Waals surface area contributed by atoms with E-state index >= 15 is 0 Å². The van der Waals surface area contributed by atoms with Gasteiger partial charge < -0.3 is 19.0 Å². The van der Waals surface area contributed by atoms with Crippen molar-refractivity contribution in [1.82, 2.24) is 5.23 Å². The van der Waals surface area contributed by atoms with Crippen LogP contribution in [0.3, 0.4) is 0 Å². The Morgan fingerprint density at radius 1 is 1.08 bits per heavy atom. The summed E-state index contributed by atoms with van der Waals surface area (Å²) in [5, 5.41) is 0.807. The molecule has 4 atom stereocenters. The molecule has 2 fully saturated rings. The van der Waals surface area contributed by atoms with Gasteiger partial charge in [0.15, 0.2) is 17.7 Å². The van der Waals surface area contributed by atoms with Crippen molar-refractivity contribution < 1.29 is 43.1 Å². The average Bonchev–Trinajstić information content (AvgIpc) is 3.10. The van der Waals surface area contributed by atoms with Crippen LogP contribution in [0.5, 0.6) is 0 Å². The van der Waals surface area contributed by atoms with Crippen molar-refractivity contribution in [3.05, 3.63) is 0 Å². The molecule has 0 aliphatic carbocycles. The molecular formula is C16H23NO9. The molecule has 0 N–H and O–H groups in total. The molecule has 0 saturated carbocycles. The lowest BCUT2D eigenvalue weighted by molar-refractivity contribution is -0.362. The maximum atomic E-state index is 12.8. The molecule has 2 saturated heterocycles. The first kappa shape index (κ1) is 20.3. The van der Waals surface area contributed by atoms with Crippen LogP contribution in [0.25, 0.3) is 0 Å². The Labute approximate surface area is 150 Å². The van der Waals surface area contributed by atoms with E-state index in [9.17, 15) is 19.2 Å². The van der Waals surface area contributed by atoms with E-state index in [0.717, 1.165) is 5.23 Å². The molecule has 146 valence electrons. The van der Waals surface area contributed by atoms with Gasteiger partial charge in [-0.3, -0.25) is 9.68 Å². The van der Waals surface area contributed by atoms with Crippen LogP contribution in [-0.2, 0) is 43.1 Å². The topological polar surface area (TPSA) is 118 Å². The van der Waals surface area contributed by atoms with Gasteiger partial charge in [0.2, 0.25) is 0 Å². The summed E-state index contributed by atoms with van der Waals surface area (Å²) in [4.78, 5) is 59.6. The Bertz CT molecular complexity index is 592. The number of ketones is 1. The molecule has 0 amide bonds. The molecule has 10 nitrogen and oxygen atoms in total. The fraction of sp³-hybridized carbons (Fsp3) is 0.750. The predicted octanol–water partition coefficient (Wildman–Crippen LogP) is -0.0606. The summed E-state index contributed by atoms with van der Waals surface area (Å²) in [7, 11) is 1.18. The van der Waals surface area contributed by atoms with Crippen molar-refractivity contribution in [3.8, 4) is 0 Å². The van der Waals surface area contributed by atoms with E-state index in [2.05, 4.69) is 4.74 Å². The number of fused-ring (bicyclic) bond motifs is 1. The molecule has 26 heavy (non-hydrogen) atoms. The van der Waals surface area contributed by atoms with Gasteiger partial charge in [-0.1, -0.05) is 0 Å². The average molecular weight is 373 g/mol. The van der Waals surface area contributed by atoms with E-state index in [1.54, 1.807) is 13.8 Å². The normalized spacial score (nSPS) is 30.5. The standard InChI is InChI=1S/C16H23NO9/c1-5-23-14(20)12-10(7-9(3)18)16(15(21)24-6-2)8-11(13(19)22-4)25-17(16)26-12/h10-12H,5-8H2,1-4H3/t10-,11+,12-,16+/m0/s1. The van der Waals surface area contributed by atoms with Crippen LogP contribution in [0, 0.1) is 5.92 Å². The van der Waals surface area contributed by atoms with Crippen molar-refractivity contribution >= 4 is 23.7 Å². The Morgan fingerprint density at radius 2 is 1.73 bits per heavy atom. The number of carbonyl (C=O) groups excluding carboxylic acids is 4. The van der Waals surface area contributed by atoms with Crippen molar-refractivity contribution in [2.45, 2.75) is 51.4 Å². The Kier molecular flexibility index (Phi) is 6.32. The van der Waals surface area contributed by atoms with E-state index < -0.39 is 41.6 Å². The number of hydrogen-bond donors (Lipinski definition) is 0. The zero-order chi connectivity index (χ0) is 19.5. The highest BCUT2D eigenvalue weighted by molar-refractivity contribution is 5.89. The Balaban J connectivity index is 2.44. The molecular weight excluding hydrogens is 350 g/mol. The van der Waals surface area contributed by atoms with Crippen LogP contribution in [0.4, 0.5) is 0 Å². The lowest BCUT2D eigenvalue weighted by Crippen LogP contribution is -2.52. The highest BCUT2D eigenvalue weighted by Gasteiger charge is 2.70. The number of esters is 3. The summed E-state index contributed by atoms with van der Waals surface area (Å²) in [6, 6.07) is 0. The smallest absolute Gasteiger partial charge is 0.337 e. The number of ether oxygens (including phenoxy) is 3. The van der Waals surface area contributed by atoms with Crippen molar-refractivity contribution in [3.63, 3.8) is 0 Å². The second-order valence-electron chi connectivity index (χ2n) is 6.01. The number of carbonyl (C=O) groups is 4. The van der Waals surface area contributed by atoms with Gasteiger partial charge in [-0.2, -0.15) is 0 Å². The molecule has 0 radical (unpaired) electrons. The van der Waals surface area contributed by atoms with Gasteiger partial charge in [0, 0.05) is 18.8 Å². The fourth-order valence-electron chi connectivity index (χ4n) is 3.28. The largest absolute Gasteiger partial charge is 0.467 e. The maximum Gasteiger partial charge on any atom is 0.337 e. The molecule has 10 heteroatoms. The lowest BCUT2D eigenvalue weighted by atomic mass is 9.75. The van der Waals surface area contributed by atoms with Gasteiger partial charge in [0.05, 0.1) is 20.3 Å².